The largest absolute Gasteiger partial charge is 0.478 e. The number of carboxylic acids is 1. The molecule has 2 aromatic carbocycles. The quantitative estimate of drug-likeness (QED) is 0.936. The fourth-order valence-electron chi connectivity index (χ4n) is 2.98. The Morgan fingerprint density at radius 3 is 2.62 bits per heavy atom. The monoisotopic (exact) mass is 281 g/mol. The number of carbonyl (C=O) groups is 1. The molecule has 1 aliphatic rings. The Morgan fingerprint density at radius 1 is 1.14 bits per heavy atom. The predicted octanol–water partition coefficient (Wildman–Crippen LogP) is 3.50. The fraction of sp³-hybridized carbons (Fsp3) is 0.278. The van der Waals surface area contributed by atoms with E-state index in [4.69, 9.17) is 5.11 Å². The van der Waals surface area contributed by atoms with Gasteiger partial charge in [-0.15, -0.1) is 0 Å². The van der Waals surface area contributed by atoms with Crippen molar-refractivity contribution in [2.24, 2.45) is 0 Å². The molecule has 21 heavy (non-hydrogen) atoms. The zero-order valence-electron chi connectivity index (χ0n) is 12.1. The number of rotatable bonds is 3. The zero-order valence-corrected chi connectivity index (χ0v) is 12.1. The molecule has 0 bridgehead atoms. The highest BCUT2D eigenvalue weighted by Gasteiger charge is 2.22. The zero-order chi connectivity index (χ0) is 14.8. The normalized spacial score (nSPS) is 16.2. The van der Waals surface area contributed by atoms with Gasteiger partial charge in [0.2, 0.25) is 0 Å². The maximum atomic E-state index is 11.0. The minimum absolute atomic E-state index is 0.374. The van der Waals surface area contributed by atoms with Crippen LogP contribution in [-0.2, 0) is 13.0 Å². The summed E-state index contributed by atoms with van der Waals surface area (Å²) in [5, 5.41) is 9.06. The molecule has 0 saturated heterocycles. The van der Waals surface area contributed by atoms with Gasteiger partial charge < -0.3 is 5.11 Å². The smallest absolute Gasteiger partial charge is 0.335 e. The highest BCUT2D eigenvalue weighted by atomic mass is 16.4. The lowest BCUT2D eigenvalue weighted by Crippen LogP contribution is -2.33. The SMILES string of the molecule is C[C@@H](c1ccccc1)N1CCc2cc(C(=O)O)ccc2C1. The summed E-state index contributed by atoms with van der Waals surface area (Å²) in [6.45, 7) is 4.07. The summed E-state index contributed by atoms with van der Waals surface area (Å²) >= 11 is 0. The van der Waals surface area contributed by atoms with Crippen LogP contribution < -0.4 is 0 Å². The third kappa shape index (κ3) is 2.83. The van der Waals surface area contributed by atoms with Crippen molar-refractivity contribution in [2.45, 2.75) is 25.9 Å². The summed E-state index contributed by atoms with van der Waals surface area (Å²) in [7, 11) is 0. The topological polar surface area (TPSA) is 40.5 Å². The second kappa shape index (κ2) is 5.70. The molecule has 1 N–H and O–H groups in total. The Kier molecular flexibility index (Phi) is 3.76. The van der Waals surface area contributed by atoms with Crippen LogP contribution in [0.2, 0.25) is 0 Å². The van der Waals surface area contributed by atoms with E-state index in [0.717, 1.165) is 19.5 Å². The maximum Gasteiger partial charge on any atom is 0.335 e. The van der Waals surface area contributed by atoms with Crippen LogP contribution in [0.1, 0.15) is 40.0 Å². The Balaban J connectivity index is 1.80. The van der Waals surface area contributed by atoms with Crippen molar-refractivity contribution in [2.75, 3.05) is 6.54 Å². The highest BCUT2D eigenvalue weighted by molar-refractivity contribution is 5.87. The molecule has 0 spiro atoms. The van der Waals surface area contributed by atoms with Crippen molar-refractivity contribution in [3.8, 4) is 0 Å². The van der Waals surface area contributed by atoms with Crippen molar-refractivity contribution >= 4 is 5.97 Å². The van der Waals surface area contributed by atoms with Crippen molar-refractivity contribution in [3.63, 3.8) is 0 Å². The molecule has 1 aliphatic heterocycles. The Hall–Kier alpha value is -2.13. The first-order valence-electron chi connectivity index (χ1n) is 7.29. The van der Waals surface area contributed by atoms with Crippen LogP contribution in [0.5, 0.6) is 0 Å². The third-order valence-electron chi connectivity index (χ3n) is 4.32. The van der Waals surface area contributed by atoms with Gasteiger partial charge >= 0.3 is 5.97 Å². The van der Waals surface area contributed by atoms with Crippen LogP contribution in [0.25, 0.3) is 0 Å². The molecule has 0 saturated carbocycles. The van der Waals surface area contributed by atoms with Crippen LogP contribution in [0.4, 0.5) is 0 Å². The summed E-state index contributed by atoms with van der Waals surface area (Å²) in [6.07, 6.45) is 0.910. The van der Waals surface area contributed by atoms with Gasteiger partial charge in [-0.2, -0.15) is 0 Å². The summed E-state index contributed by atoms with van der Waals surface area (Å²) in [6, 6.07) is 16.4. The van der Waals surface area contributed by atoms with Gasteiger partial charge in [0.1, 0.15) is 0 Å². The first-order valence-corrected chi connectivity index (χ1v) is 7.29. The van der Waals surface area contributed by atoms with Crippen LogP contribution in [-0.4, -0.2) is 22.5 Å². The van der Waals surface area contributed by atoms with E-state index in [1.165, 1.54) is 16.7 Å². The third-order valence-corrected chi connectivity index (χ3v) is 4.32. The molecule has 3 rings (SSSR count). The van der Waals surface area contributed by atoms with E-state index in [0.29, 0.717) is 11.6 Å². The second-order valence-electron chi connectivity index (χ2n) is 5.60. The summed E-state index contributed by atoms with van der Waals surface area (Å²) in [5.74, 6) is -0.849. The number of benzene rings is 2. The number of nitrogens with zero attached hydrogens (tertiary/aromatic N) is 1. The van der Waals surface area contributed by atoms with Gasteiger partial charge in [0, 0.05) is 19.1 Å². The Labute approximate surface area is 124 Å². The van der Waals surface area contributed by atoms with Gasteiger partial charge in [-0.1, -0.05) is 36.4 Å². The van der Waals surface area contributed by atoms with E-state index in [1.807, 2.05) is 18.2 Å². The molecule has 2 aromatic rings. The van der Waals surface area contributed by atoms with Gasteiger partial charge in [-0.3, -0.25) is 4.90 Å². The minimum Gasteiger partial charge on any atom is -0.478 e. The number of aromatic carboxylic acids is 1. The maximum absolute atomic E-state index is 11.0. The van der Waals surface area contributed by atoms with E-state index in [9.17, 15) is 4.79 Å². The second-order valence-corrected chi connectivity index (χ2v) is 5.60. The predicted molar refractivity (Wildman–Crippen MR) is 82.4 cm³/mol. The molecule has 0 fully saturated rings. The average Bonchev–Trinajstić information content (AvgIpc) is 2.54. The van der Waals surface area contributed by atoms with Crippen LogP contribution >= 0.6 is 0 Å². The van der Waals surface area contributed by atoms with E-state index < -0.39 is 5.97 Å². The molecular weight excluding hydrogens is 262 g/mol. The van der Waals surface area contributed by atoms with E-state index in [1.54, 1.807) is 6.07 Å². The number of fused-ring (bicyclic) bond motifs is 1. The molecule has 3 heteroatoms. The van der Waals surface area contributed by atoms with Crippen molar-refractivity contribution in [1.82, 2.24) is 4.90 Å². The van der Waals surface area contributed by atoms with Gasteiger partial charge in [0.15, 0.2) is 0 Å². The molecule has 1 atom stereocenters. The molecule has 0 aliphatic carbocycles. The summed E-state index contributed by atoms with van der Waals surface area (Å²) in [5.41, 5.74) is 4.13. The summed E-state index contributed by atoms with van der Waals surface area (Å²) < 4.78 is 0. The highest BCUT2D eigenvalue weighted by Crippen LogP contribution is 2.28. The first-order chi connectivity index (χ1) is 10.1. The Bertz CT molecular complexity index is 652. The molecule has 1 heterocycles. The molecular formula is C18H19NO2. The fourth-order valence-corrected chi connectivity index (χ4v) is 2.98. The Morgan fingerprint density at radius 2 is 1.90 bits per heavy atom. The van der Waals surface area contributed by atoms with Gasteiger partial charge in [-0.05, 0) is 42.2 Å². The lowest BCUT2D eigenvalue weighted by molar-refractivity contribution is 0.0696. The van der Waals surface area contributed by atoms with Crippen molar-refractivity contribution < 1.29 is 9.90 Å². The molecule has 108 valence electrons. The van der Waals surface area contributed by atoms with Crippen molar-refractivity contribution in [1.29, 1.82) is 0 Å². The lowest BCUT2D eigenvalue weighted by Gasteiger charge is -2.34. The van der Waals surface area contributed by atoms with E-state index in [2.05, 4.69) is 36.1 Å². The standard InChI is InChI=1S/C18H19NO2/c1-13(14-5-3-2-4-6-14)19-10-9-15-11-16(18(20)21)7-8-17(15)12-19/h2-8,11,13H,9-10,12H2,1H3,(H,20,21)/t13-/m0/s1. The van der Waals surface area contributed by atoms with Crippen molar-refractivity contribution in [3.05, 3.63) is 70.8 Å². The molecule has 0 amide bonds. The number of hydrogen-bond donors (Lipinski definition) is 1. The van der Waals surface area contributed by atoms with Gasteiger partial charge in [-0.25, -0.2) is 4.79 Å². The van der Waals surface area contributed by atoms with Gasteiger partial charge in [0.25, 0.3) is 0 Å². The van der Waals surface area contributed by atoms with Crippen LogP contribution in [0, 0.1) is 0 Å². The average molecular weight is 281 g/mol. The lowest BCUT2D eigenvalue weighted by atomic mass is 9.95. The van der Waals surface area contributed by atoms with Gasteiger partial charge in [0.05, 0.1) is 5.56 Å². The minimum atomic E-state index is -0.849. The number of hydrogen-bond acceptors (Lipinski definition) is 2. The molecule has 0 aromatic heterocycles. The first kappa shape index (κ1) is 13.8. The van der Waals surface area contributed by atoms with E-state index >= 15 is 0 Å². The molecule has 0 radical (unpaired) electrons. The van der Waals surface area contributed by atoms with Crippen LogP contribution in [0.15, 0.2) is 48.5 Å². The van der Waals surface area contributed by atoms with E-state index in [-0.39, 0.29) is 0 Å². The number of carboxylic acid groups (broad SMARTS) is 1. The molecule has 0 unspecified atom stereocenters. The summed E-state index contributed by atoms with van der Waals surface area (Å²) in [4.78, 5) is 13.5. The van der Waals surface area contributed by atoms with Crippen LogP contribution in [0.3, 0.4) is 0 Å². The molecule has 3 nitrogen and oxygen atoms in total.